The Labute approximate surface area is 160 Å². The molecular weight excluding hydrogens is 365 g/mol. The van der Waals surface area contributed by atoms with Crippen LogP contribution in [0.5, 0.6) is 5.75 Å². The molecule has 1 aliphatic carbocycles. The van der Waals surface area contributed by atoms with Crippen LogP contribution in [-0.2, 0) is 0 Å². The van der Waals surface area contributed by atoms with Gasteiger partial charge in [-0.25, -0.2) is 0 Å². The minimum absolute atomic E-state index is 0. The molecule has 1 saturated carbocycles. The maximum Gasteiger partial charge on any atom is 0.133 e. The summed E-state index contributed by atoms with van der Waals surface area (Å²) in [5.74, 6) is 1.15. The quantitative estimate of drug-likeness (QED) is 0.640. The summed E-state index contributed by atoms with van der Waals surface area (Å²) in [5, 5.41) is 0. The number of rotatable bonds is 6. The monoisotopic (exact) mass is 385 g/mol. The Balaban J connectivity index is 0.00000208. The molecule has 5 heteroatoms. The average Bonchev–Trinajstić information content (AvgIpc) is 3.11. The van der Waals surface area contributed by atoms with E-state index in [1.54, 1.807) is 0 Å². The molecule has 2 atom stereocenters. The lowest BCUT2D eigenvalue weighted by Gasteiger charge is -2.11. The van der Waals surface area contributed by atoms with Crippen molar-refractivity contribution >= 4 is 35.6 Å². The number of hydrogen-bond donors (Lipinski definition) is 0. The van der Waals surface area contributed by atoms with E-state index >= 15 is 0 Å². The van der Waals surface area contributed by atoms with E-state index in [1.807, 2.05) is 44.4 Å². The third-order valence-corrected chi connectivity index (χ3v) is 5.20. The summed E-state index contributed by atoms with van der Waals surface area (Å²) >= 11 is 13.1. The molecule has 2 aromatic carbocycles. The molecule has 0 aliphatic heterocycles. The summed E-state index contributed by atoms with van der Waals surface area (Å²) in [4.78, 5) is 2.10. The molecule has 0 spiro atoms. The van der Waals surface area contributed by atoms with Gasteiger partial charge in [-0.05, 0) is 37.4 Å². The third-order valence-electron chi connectivity index (χ3n) is 4.26. The molecule has 24 heavy (non-hydrogen) atoms. The van der Waals surface area contributed by atoms with Crippen molar-refractivity contribution in [3.63, 3.8) is 0 Å². The van der Waals surface area contributed by atoms with E-state index in [0.29, 0.717) is 6.61 Å². The van der Waals surface area contributed by atoms with Gasteiger partial charge in [-0.1, -0.05) is 42.5 Å². The number of ether oxygens (including phenoxy) is 1. The SMILES string of the molecule is CN(C)CCOc1ccc(C2C(c3ccccc3)C2(Cl)Cl)cc1.Cl. The third kappa shape index (κ3) is 4.18. The molecule has 2 nitrogen and oxygen atoms in total. The Morgan fingerprint density at radius 2 is 1.46 bits per heavy atom. The summed E-state index contributed by atoms with van der Waals surface area (Å²) < 4.78 is 5.00. The van der Waals surface area contributed by atoms with Crippen molar-refractivity contribution in [1.29, 1.82) is 0 Å². The Kier molecular flexibility index (Phi) is 6.44. The van der Waals surface area contributed by atoms with Crippen molar-refractivity contribution in [2.45, 2.75) is 16.2 Å². The first-order chi connectivity index (χ1) is 11.0. The van der Waals surface area contributed by atoms with E-state index in [1.165, 1.54) is 5.56 Å². The normalized spacial score (nSPS) is 21.2. The lowest BCUT2D eigenvalue weighted by Crippen LogP contribution is -2.19. The second kappa shape index (κ2) is 7.97. The number of halogens is 3. The Morgan fingerprint density at radius 1 is 0.917 bits per heavy atom. The number of alkyl halides is 2. The topological polar surface area (TPSA) is 12.5 Å². The van der Waals surface area contributed by atoms with E-state index in [2.05, 4.69) is 29.2 Å². The van der Waals surface area contributed by atoms with Crippen LogP contribution in [0.4, 0.5) is 0 Å². The van der Waals surface area contributed by atoms with Gasteiger partial charge in [0, 0.05) is 18.4 Å². The van der Waals surface area contributed by atoms with Gasteiger partial charge in [0.15, 0.2) is 0 Å². The zero-order chi connectivity index (χ0) is 16.4. The Bertz CT molecular complexity index is 643. The number of likely N-dealkylation sites (N-methyl/N-ethyl adjacent to an activating group) is 1. The summed E-state index contributed by atoms with van der Waals surface area (Å²) in [7, 11) is 4.06. The number of hydrogen-bond acceptors (Lipinski definition) is 2. The van der Waals surface area contributed by atoms with Crippen LogP contribution in [0, 0.1) is 0 Å². The highest BCUT2D eigenvalue weighted by molar-refractivity contribution is 6.52. The lowest BCUT2D eigenvalue weighted by atomic mass is 10.0. The molecule has 3 rings (SSSR count). The fourth-order valence-corrected chi connectivity index (χ4v) is 3.82. The number of benzene rings is 2. The molecule has 0 radical (unpaired) electrons. The standard InChI is InChI=1S/C19H21Cl2NO.ClH/c1-22(2)12-13-23-16-10-8-15(9-11-16)18-17(19(18,20)21)14-6-4-3-5-7-14;/h3-11,17-18H,12-13H2,1-2H3;1H. The van der Waals surface area contributed by atoms with Crippen LogP contribution in [0.1, 0.15) is 23.0 Å². The molecular formula is C19H22Cl3NO. The van der Waals surface area contributed by atoms with Gasteiger partial charge >= 0.3 is 0 Å². The van der Waals surface area contributed by atoms with Gasteiger partial charge in [-0.15, -0.1) is 35.6 Å². The van der Waals surface area contributed by atoms with Crippen LogP contribution in [0.3, 0.4) is 0 Å². The largest absolute Gasteiger partial charge is 0.492 e. The van der Waals surface area contributed by atoms with Crippen molar-refractivity contribution in [3.8, 4) is 5.75 Å². The van der Waals surface area contributed by atoms with Crippen LogP contribution < -0.4 is 4.74 Å². The summed E-state index contributed by atoms with van der Waals surface area (Å²) in [5.41, 5.74) is 2.35. The van der Waals surface area contributed by atoms with Crippen LogP contribution >= 0.6 is 35.6 Å². The molecule has 0 aromatic heterocycles. The predicted molar refractivity (Wildman–Crippen MR) is 104 cm³/mol. The van der Waals surface area contributed by atoms with Gasteiger partial charge in [-0.2, -0.15) is 0 Å². The fourth-order valence-electron chi connectivity index (χ4n) is 2.93. The zero-order valence-corrected chi connectivity index (χ0v) is 16.1. The molecule has 2 aromatic rings. The van der Waals surface area contributed by atoms with Crippen LogP contribution in [0.25, 0.3) is 0 Å². The Hall–Kier alpha value is -0.930. The van der Waals surface area contributed by atoms with E-state index in [-0.39, 0.29) is 24.2 Å². The van der Waals surface area contributed by atoms with Gasteiger partial charge in [0.1, 0.15) is 16.7 Å². The fraction of sp³-hybridized carbons (Fsp3) is 0.368. The van der Waals surface area contributed by atoms with Crippen molar-refractivity contribution in [1.82, 2.24) is 4.90 Å². The van der Waals surface area contributed by atoms with Gasteiger partial charge in [0.2, 0.25) is 0 Å². The van der Waals surface area contributed by atoms with Gasteiger partial charge in [0.05, 0.1) is 0 Å². The van der Waals surface area contributed by atoms with Crippen molar-refractivity contribution in [2.24, 2.45) is 0 Å². The first kappa shape index (κ1) is 19.4. The van der Waals surface area contributed by atoms with E-state index in [4.69, 9.17) is 27.9 Å². The van der Waals surface area contributed by atoms with Crippen LogP contribution in [0.15, 0.2) is 54.6 Å². The predicted octanol–water partition coefficient (Wildman–Crippen LogP) is 5.10. The highest BCUT2D eigenvalue weighted by Crippen LogP contribution is 2.70. The van der Waals surface area contributed by atoms with Crippen molar-refractivity contribution in [2.75, 3.05) is 27.2 Å². The molecule has 0 N–H and O–H groups in total. The molecule has 1 fully saturated rings. The van der Waals surface area contributed by atoms with Crippen LogP contribution in [0.2, 0.25) is 0 Å². The maximum absolute atomic E-state index is 6.53. The second-order valence-corrected chi connectivity index (χ2v) is 7.71. The highest BCUT2D eigenvalue weighted by atomic mass is 35.5. The van der Waals surface area contributed by atoms with E-state index in [9.17, 15) is 0 Å². The summed E-state index contributed by atoms with van der Waals surface area (Å²) in [6.45, 7) is 1.57. The molecule has 0 amide bonds. The Morgan fingerprint density at radius 3 is 2.00 bits per heavy atom. The van der Waals surface area contributed by atoms with Gasteiger partial charge in [-0.3, -0.25) is 0 Å². The molecule has 0 saturated heterocycles. The minimum atomic E-state index is -0.728. The highest BCUT2D eigenvalue weighted by Gasteiger charge is 2.64. The molecule has 0 heterocycles. The molecule has 1 aliphatic rings. The van der Waals surface area contributed by atoms with E-state index in [0.717, 1.165) is 17.9 Å². The zero-order valence-electron chi connectivity index (χ0n) is 13.8. The van der Waals surface area contributed by atoms with Crippen molar-refractivity contribution in [3.05, 3.63) is 65.7 Å². The number of nitrogens with zero attached hydrogens (tertiary/aromatic N) is 1. The minimum Gasteiger partial charge on any atom is -0.492 e. The van der Waals surface area contributed by atoms with Crippen LogP contribution in [-0.4, -0.2) is 36.5 Å². The molecule has 2 unspecified atom stereocenters. The van der Waals surface area contributed by atoms with Crippen molar-refractivity contribution < 1.29 is 4.74 Å². The molecule has 0 bridgehead atoms. The van der Waals surface area contributed by atoms with Gasteiger partial charge in [0.25, 0.3) is 0 Å². The second-order valence-electron chi connectivity index (χ2n) is 6.26. The summed E-state index contributed by atoms with van der Waals surface area (Å²) in [6.07, 6.45) is 0. The maximum atomic E-state index is 6.53. The average molecular weight is 387 g/mol. The summed E-state index contributed by atoms with van der Waals surface area (Å²) in [6, 6.07) is 18.4. The lowest BCUT2D eigenvalue weighted by molar-refractivity contribution is 0.261. The van der Waals surface area contributed by atoms with Gasteiger partial charge < -0.3 is 9.64 Å². The first-order valence-corrected chi connectivity index (χ1v) is 8.56. The first-order valence-electron chi connectivity index (χ1n) is 7.80. The van der Waals surface area contributed by atoms with E-state index < -0.39 is 4.33 Å². The molecule has 130 valence electrons. The smallest absolute Gasteiger partial charge is 0.133 e.